The van der Waals surface area contributed by atoms with Crippen LogP contribution in [-0.2, 0) is 12.6 Å². The Bertz CT molecular complexity index is 1070. The van der Waals surface area contributed by atoms with Crippen molar-refractivity contribution in [2.24, 2.45) is 0 Å². The Labute approximate surface area is 178 Å². The fraction of sp³-hybridized carbons (Fsp3) is 0.217. The summed E-state index contributed by atoms with van der Waals surface area (Å²) in [5, 5.41) is 14.6. The third-order valence-electron chi connectivity index (χ3n) is 4.65. The summed E-state index contributed by atoms with van der Waals surface area (Å²) in [4.78, 5) is 16.4. The van der Waals surface area contributed by atoms with E-state index in [-0.39, 0.29) is 19.1 Å². The molecule has 2 aromatic carbocycles. The van der Waals surface area contributed by atoms with Crippen LogP contribution in [-0.4, -0.2) is 29.1 Å². The number of carbonyl (C=O) groups is 1. The zero-order valence-electron chi connectivity index (χ0n) is 16.8. The van der Waals surface area contributed by atoms with Crippen LogP contribution in [0.3, 0.4) is 0 Å². The van der Waals surface area contributed by atoms with Gasteiger partial charge in [-0.15, -0.1) is 0 Å². The van der Waals surface area contributed by atoms with Crippen LogP contribution in [0.2, 0.25) is 0 Å². The number of hydrogen-bond acceptors (Lipinski definition) is 4. The first-order chi connectivity index (χ1) is 14.8. The fourth-order valence-corrected chi connectivity index (χ4v) is 3.05. The fourth-order valence-electron chi connectivity index (χ4n) is 3.05. The molecule has 0 aliphatic heterocycles. The normalized spacial score (nSPS) is 11.3. The van der Waals surface area contributed by atoms with Gasteiger partial charge in [-0.2, -0.15) is 13.2 Å². The van der Waals surface area contributed by atoms with Gasteiger partial charge in [0.1, 0.15) is 5.82 Å². The van der Waals surface area contributed by atoms with Crippen molar-refractivity contribution < 1.29 is 23.1 Å². The van der Waals surface area contributed by atoms with Gasteiger partial charge in [0.2, 0.25) is 0 Å². The monoisotopic (exact) mass is 429 g/mol. The molecular formula is C23H22F3N3O2. The lowest BCUT2D eigenvalue weighted by Crippen LogP contribution is -2.26. The minimum atomic E-state index is -4.38. The molecule has 0 saturated heterocycles. The van der Waals surface area contributed by atoms with E-state index in [0.717, 1.165) is 23.3 Å². The minimum absolute atomic E-state index is 0.148. The number of rotatable bonds is 7. The van der Waals surface area contributed by atoms with E-state index in [1.807, 2.05) is 6.92 Å². The van der Waals surface area contributed by atoms with Gasteiger partial charge < -0.3 is 15.7 Å². The second-order valence-corrected chi connectivity index (χ2v) is 7.06. The van der Waals surface area contributed by atoms with Crippen molar-refractivity contribution in [3.63, 3.8) is 0 Å². The van der Waals surface area contributed by atoms with Crippen LogP contribution < -0.4 is 10.6 Å². The first-order valence-corrected chi connectivity index (χ1v) is 9.64. The topological polar surface area (TPSA) is 74.2 Å². The van der Waals surface area contributed by atoms with Gasteiger partial charge in [0.25, 0.3) is 5.91 Å². The van der Waals surface area contributed by atoms with Gasteiger partial charge in [-0.25, -0.2) is 4.98 Å². The second-order valence-electron chi connectivity index (χ2n) is 7.06. The second kappa shape index (κ2) is 9.61. The minimum Gasteiger partial charge on any atom is -0.395 e. The quantitative estimate of drug-likeness (QED) is 0.518. The summed E-state index contributed by atoms with van der Waals surface area (Å²) in [5.74, 6) is 0.212. The van der Waals surface area contributed by atoms with E-state index in [0.29, 0.717) is 29.1 Å². The SMILES string of the molecule is Cc1ccc(C(=O)NCCO)cc1Nc1cc(Cc2cccc(C(F)(F)F)c2)ccn1. The van der Waals surface area contributed by atoms with E-state index in [2.05, 4.69) is 15.6 Å². The lowest BCUT2D eigenvalue weighted by molar-refractivity contribution is -0.137. The van der Waals surface area contributed by atoms with Crippen molar-refractivity contribution in [1.82, 2.24) is 10.3 Å². The van der Waals surface area contributed by atoms with E-state index in [9.17, 15) is 18.0 Å². The summed E-state index contributed by atoms with van der Waals surface area (Å²) in [6.07, 6.45) is -2.48. The highest BCUT2D eigenvalue weighted by molar-refractivity contribution is 5.95. The molecule has 3 aromatic rings. The van der Waals surface area contributed by atoms with Crippen molar-refractivity contribution >= 4 is 17.4 Å². The molecule has 0 unspecified atom stereocenters. The van der Waals surface area contributed by atoms with Gasteiger partial charge in [-0.1, -0.05) is 24.3 Å². The summed E-state index contributed by atoms with van der Waals surface area (Å²) >= 11 is 0. The molecule has 0 bridgehead atoms. The molecule has 1 heterocycles. The van der Waals surface area contributed by atoms with Crippen molar-refractivity contribution in [2.75, 3.05) is 18.5 Å². The van der Waals surface area contributed by atoms with Crippen molar-refractivity contribution in [2.45, 2.75) is 19.5 Å². The molecule has 0 aliphatic rings. The Morgan fingerprint density at radius 1 is 1.06 bits per heavy atom. The number of aliphatic hydroxyl groups excluding tert-OH is 1. The Morgan fingerprint density at radius 3 is 2.58 bits per heavy atom. The number of anilines is 2. The third kappa shape index (κ3) is 6.05. The number of pyridine rings is 1. The van der Waals surface area contributed by atoms with Gasteiger partial charge in [0.15, 0.2) is 0 Å². The predicted octanol–water partition coefficient (Wildman–Crippen LogP) is 4.47. The highest BCUT2D eigenvalue weighted by atomic mass is 19.4. The number of nitrogens with one attached hydrogen (secondary N) is 2. The Balaban J connectivity index is 1.78. The molecule has 0 fully saturated rings. The molecule has 3 rings (SSSR count). The van der Waals surface area contributed by atoms with E-state index < -0.39 is 11.7 Å². The van der Waals surface area contributed by atoms with Crippen molar-refractivity contribution in [3.8, 4) is 0 Å². The summed E-state index contributed by atoms with van der Waals surface area (Å²) in [6.45, 7) is 1.89. The van der Waals surface area contributed by atoms with E-state index in [1.54, 1.807) is 42.6 Å². The van der Waals surface area contributed by atoms with Crippen LogP contribution in [0.5, 0.6) is 0 Å². The third-order valence-corrected chi connectivity index (χ3v) is 4.65. The van der Waals surface area contributed by atoms with Gasteiger partial charge in [0, 0.05) is 24.0 Å². The molecule has 1 aromatic heterocycles. The van der Waals surface area contributed by atoms with Crippen LogP contribution >= 0.6 is 0 Å². The highest BCUT2D eigenvalue weighted by Gasteiger charge is 2.30. The maximum Gasteiger partial charge on any atom is 0.416 e. The zero-order valence-corrected chi connectivity index (χ0v) is 16.8. The van der Waals surface area contributed by atoms with Crippen LogP contribution in [0.15, 0.2) is 60.8 Å². The molecule has 31 heavy (non-hydrogen) atoms. The zero-order chi connectivity index (χ0) is 22.4. The molecule has 3 N–H and O–H groups in total. The molecule has 0 spiro atoms. The summed E-state index contributed by atoms with van der Waals surface area (Å²) in [6, 6.07) is 13.9. The Kier molecular flexibility index (Phi) is 6.91. The van der Waals surface area contributed by atoms with Gasteiger partial charge in [-0.3, -0.25) is 4.79 Å². The van der Waals surface area contributed by atoms with Crippen LogP contribution in [0.4, 0.5) is 24.7 Å². The van der Waals surface area contributed by atoms with Crippen molar-refractivity contribution in [1.29, 1.82) is 0 Å². The smallest absolute Gasteiger partial charge is 0.395 e. The molecule has 0 saturated carbocycles. The molecule has 0 aliphatic carbocycles. The summed E-state index contributed by atoms with van der Waals surface area (Å²) in [5.41, 5.74) is 2.67. The van der Waals surface area contributed by atoms with Gasteiger partial charge in [0.05, 0.1) is 12.2 Å². The molecule has 1 amide bonds. The average Bonchev–Trinajstić information content (AvgIpc) is 2.73. The first kappa shape index (κ1) is 22.3. The molecule has 5 nitrogen and oxygen atoms in total. The molecule has 8 heteroatoms. The number of aryl methyl sites for hydroxylation is 1. The number of hydrogen-bond donors (Lipinski definition) is 3. The molecule has 0 radical (unpaired) electrons. The Hall–Kier alpha value is -3.39. The predicted molar refractivity (Wildman–Crippen MR) is 112 cm³/mol. The molecule has 0 atom stereocenters. The highest BCUT2D eigenvalue weighted by Crippen LogP contribution is 2.30. The lowest BCUT2D eigenvalue weighted by atomic mass is 10.0. The molecular weight excluding hydrogens is 407 g/mol. The maximum atomic E-state index is 12.9. The summed E-state index contributed by atoms with van der Waals surface area (Å²) < 4.78 is 38.8. The van der Waals surface area contributed by atoms with Gasteiger partial charge >= 0.3 is 6.18 Å². The van der Waals surface area contributed by atoms with Crippen LogP contribution in [0.1, 0.15) is 32.6 Å². The lowest BCUT2D eigenvalue weighted by Gasteiger charge is -2.12. The van der Waals surface area contributed by atoms with Crippen molar-refractivity contribution in [3.05, 3.63) is 88.6 Å². The number of halogens is 3. The number of aliphatic hydroxyl groups is 1. The number of aromatic nitrogens is 1. The van der Waals surface area contributed by atoms with E-state index >= 15 is 0 Å². The van der Waals surface area contributed by atoms with Crippen LogP contribution in [0.25, 0.3) is 0 Å². The number of alkyl halides is 3. The number of benzene rings is 2. The van der Waals surface area contributed by atoms with E-state index in [1.165, 1.54) is 6.07 Å². The van der Waals surface area contributed by atoms with Gasteiger partial charge in [-0.05, 0) is 60.4 Å². The first-order valence-electron chi connectivity index (χ1n) is 9.64. The van der Waals surface area contributed by atoms with Crippen LogP contribution in [0, 0.1) is 6.92 Å². The number of nitrogens with zero attached hydrogens (tertiary/aromatic N) is 1. The maximum absolute atomic E-state index is 12.9. The standard InChI is InChI=1S/C23H22F3N3O2/c1-15-5-6-18(22(31)28-9-10-30)14-20(15)29-21-13-17(7-8-27-21)11-16-3-2-4-19(12-16)23(24,25)26/h2-8,12-14,30H,9-11H2,1H3,(H,27,29)(H,28,31). The Morgan fingerprint density at radius 2 is 1.84 bits per heavy atom. The van der Waals surface area contributed by atoms with E-state index in [4.69, 9.17) is 5.11 Å². The summed E-state index contributed by atoms with van der Waals surface area (Å²) in [7, 11) is 0. The number of amides is 1. The largest absolute Gasteiger partial charge is 0.416 e. The average molecular weight is 429 g/mol. The molecule has 162 valence electrons. The number of carbonyl (C=O) groups excluding carboxylic acids is 1.